The van der Waals surface area contributed by atoms with Crippen molar-refractivity contribution in [2.24, 2.45) is 5.92 Å². The third-order valence-electron chi connectivity index (χ3n) is 4.96. The van der Waals surface area contributed by atoms with Crippen LogP contribution in [0, 0.1) is 5.92 Å². The fourth-order valence-electron chi connectivity index (χ4n) is 3.55. The molecule has 146 valence electrons. The first-order valence-corrected chi connectivity index (χ1v) is 9.20. The van der Waals surface area contributed by atoms with E-state index in [4.69, 9.17) is 12.2 Å². The van der Waals surface area contributed by atoms with Gasteiger partial charge in [-0.05, 0) is 29.9 Å². The molecule has 0 saturated carbocycles. The van der Waals surface area contributed by atoms with E-state index in [0.717, 1.165) is 5.56 Å². The van der Waals surface area contributed by atoms with Crippen LogP contribution in [0.4, 0.5) is 4.79 Å². The third-order valence-corrected chi connectivity index (χ3v) is 5.16. The Morgan fingerprint density at radius 3 is 2.29 bits per heavy atom. The van der Waals surface area contributed by atoms with Gasteiger partial charge in [0.05, 0.1) is 18.7 Å². The van der Waals surface area contributed by atoms with Gasteiger partial charge < -0.3 is 20.4 Å². The van der Waals surface area contributed by atoms with E-state index in [1.807, 2.05) is 36.4 Å². The molecular weight excluding hydrogens is 378 g/mol. The Bertz CT molecular complexity index is 862. The summed E-state index contributed by atoms with van der Waals surface area (Å²) in [4.78, 5) is 25.2. The predicted octanol–water partition coefficient (Wildman–Crippen LogP) is 1.79. The minimum Gasteiger partial charge on any atom is -0.465 e. The summed E-state index contributed by atoms with van der Waals surface area (Å²) in [6.07, 6.45) is -1.07. The summed E-state index contributed by atoms with van der Waals surface area (Å²) in [6, 6.07) is 17.9. The number of hydrogen-bond donors (Lipinski definition) is 4. The van der Waals surface area contributed by atoms with Gasteiger partial charge in [0.1, 0.15) is 0 Å². The Balaban J connectivity index is 1.87. The maximum absolute atomic E-state index is 12.4. The Labute approximate surface area is 168 Å². The van der Waals surface area contributed by atoms with E-state index >= 15 is 0 Å². The van der Waals surface area contributed by atoms with Gasteiger partial charge in [0.2, 0.25) is 0 Å². The van der Waals surface area contributed by atoms with E-state index in [-0.39, 0.29) is 30.7 Å². The number of nitrogens with one attached hydrogen (secondary N) is 2. The van der Waals surface area contributed by atoms with E-state index < -0.39 is 17.6 Å². The Kier molecular flexibility index (Phi) is 5.91. The normalized spacial score (nSPS) is 21.2. The summed E-state index contributed by atoms with van der Waals surface area (Å²) in [6.45, 7) is 0.0167. The van der Waals surface area contributed by atoms with E-state index in [0.29, 0.717) is 5.56 Å². The molecule has 8 heteroatoms. The van der Waals surface area contributed by atoms with E-state index in [9.17, 15) is 19.8 Å². The van der Waals surface area contributed by atoms with Crippen molar-refractivity contribution in [3.63, 3.8) is 0 Å². The molecule has 0 spiro atoms. The molecule has 0 aliphatic carbocycles. The minimum absolute atomic E-state index is 0.0726. The van der Waals surface area contributed by atoms with Crippen molar-refractivity contribution in [3.8, 4) is 0 Å². The number of nitrogens with zero attached hydrogens (tertiary/aromatic N) is 1. The molecule has 2 amide bonds. The second-order valence-electron chi connectivity index (χ2n) is 6.65. The Morgan fingerprint density at radius 2 is 1.71 bits per heavy atom. The van der Waals surface area contributed by atoms with Crippen LogP contribution in [0.5, 0.6) is 0 Å². The van der Waals surface area contributed by atoms with Crippen molar-refractivity contribution < 1.29 is 19.8 Å². The molecule has 4 N–H and O–H groups in total. The summed E-state index contributed by atoms with van der Waals surface area (Å²) in [7, 11) is 0. The van der Waals surface area contributed by atoms with E-state index in [1.54, 1.807) is 24.3 Å². The fraction of sp³-hybridized carbons (Fsp3) is 0.250. The van der Waals surface area contributed by atoms with Crippen LogP contribution in [-0.2, 0) is 5.54 Å². The maximum atomic E-state index is 12.4. The fourth-order valence-corrected chi connectivity index (χ4v) is 3.83. The van der Waals surface area contributed by atoms with Gasteiger partial charge >= 0.3 is 6.09 Å². The molecule has 1 aliphatic heterocycles. The molecule has 2 aromatic carbocycles. The highest BCUT2D eigenvalue weighted by atomic mass is 32.1. The highest BCUT2D eigenvalue weighted by Crippen LogP contribution is 2.37. The van der Waals surface area contributed by atoms with Crippen molar-refractivity contribution in [3.05, 3.63) is 71.8 Å². The number of carboxylic acid groups (broad SMARTS) is 1. The number of aliphatic hydroxyl groups excluding tert-OH is 1. The SMILES string of the molecule is O=C(NC(=S)N[C@@]1(c2ccccc2)CN(C(=O)O)C[C@H]1CO)c1ccccc1. The van der Waals surface area contributed by atoms with Crippen LogP contribution in [0.25, 0.3) is 0 Å². The third kappa shape index (κ3) is 3.97. The summed E-state index contributed by atoms with van der Waals surface area (Å²) in [5, 5.41) is 25.2. The number of carbonyl (C=O) groups excluding carboxylic acids is 1. The Hall–Kier alpha value is -2.97. The zero-order valence-corrected chi connectivity index (χ0v) is 15.9. The molecule has 0 aromatic heterocycles. The zero-order chi connectivity index (χ0) is 20.1. The number of rotatable bonds is 4. The average molecular weight is 399 g/mol. The molecule has 28 heavy (non-hydrogen) atoms. The highest BCUT2D eigenvalue weighted by molar-refractivity contribution is 7.80. The van der Waals surface area contributed by atoms with Crippen molar-refractivity contribution >= 4 is 29.3 Å². The van der Waals surface area contributed by atoms with Gasteiger partial charge in [-0.1, -0.05) is 48.5 Å². The molecule has 3 rings (SSSR count). The summed E-state index contributed by atoms with van der Waals surface area (Å²) < 4.78 is 0. The van der Waals surface area contributed by atoms with Crippen LogP contribution in [0.15, 0.2) is 60.7 Å². The molecule has 2 aromatic rings. The van der Waals surface area contributed by atoms with E-state index in [2.05, 4.69) is 10.6 Å². The number of carbonyl (C=O) groups is 2. The lowest BCUT2D eigenvalue weighted by Gasteiger charge is -2.36. The standard InChI is InChI=1S/C20H21N3O4S/c24-12-16-11-23(19(26)27)13-20(16,15-9-5-2-6-10-15)22-18(28)21-17(25)14-7-3-1-4-8-14/h1-10,16,24H,11-13H2,(H,26,27)(H2,21,22,25,28)/t16-,20+/m0/s1. The van der Waals surface area contributed by atoms with Crippen LogP contribution >= 0.6 is 12.2 Å². The smallest absolute Gasteiger partial charge is 0.407 e. The Morgan fingerprint density at radius 1 is 1.11 bits per heavy atom. The first-order valence-electron chi connectivity index (χ1n) is 8.79. The van der Waals surface area contributed by atoms with Crippen molar-refractivity contribution in [2.75, 3.05) is 19.7 Å². The first kappa shape index (κ1) is 19.8. The number of benzene rings is 2. The number of aliphatic hydroxyl groups is 1. The van der Waals surface area contributed by atoms with Crippen LogP contribution < -0.4 is 10.6 Å². The van der Waals surface area contributed by atoms with Gasteiger partial charge in [0.15, 0.2) is 5.11 Å². The molecule has 0 radical (unpaired) electrons. The average Bonchev–Trinajstić information content (AvgIpc) is 3.09. The lowest BCUT2D eigenvalue weighted by Crippen LogP contribution is -2.56. The van der Waals surface area contributed by atoms with Crippen LogP contribution in [0.1, 0.15) is 15.9 Å². The molecule has 7 nitrogen and oxygen atoms in total. The number of hydrogen-bond acceptors (Lipinski definition) is 4. The topological polar surface area (TPSA) is 102 Å². The van der Waals surface area contributed by atoms with Gasteiger partial charge in [-0.25, -0.2) is 4.79 Å². The molecular formula is C20H21N3O4S. The lowest BCUT2D eigenvalue weighted by atomic mass is 9.81. The van der Waals surface area contributed by atoms with Gasteiger partial charge in [-0.15, -0.1) is 0 Å². The van der Waals surface area contributed by atoms with Crippen molar-refractivity contribution in [2.45, 2.75) is 5.54 Å². The van der Waals surface area contributed by atoms with Gasteiger partial charge in [-0.2, -0.15) is 0 Å². The summed E-state index contributed by atoms with van der Waals surface area (Å²) in [5.74, 6) is -0.799. The zero-order valence-electron chi connectivity index (χ0n) is 15.0. The predicted molar refractivity (Wildman–Crippen MR) is 108 cm³/mol. The van der Waals surface area contributed by atoms with Crippen LogP contribution in [0.2, 0.25) is 0 Å². The second-order valence-corrected chi connectivity index (χ2v) is 7.06. The molecule has 1 saturated heterocycles. The molecule has 0 unspecified atom stereocenters. The first-order chi connectivity index (χ1) is 13.5. The maximum Gasteiger partial charge on any atom is 0.407 e. The lowest BCUT2D eigenvalue weighted by molar-refractivity contribution is 0.0974. The van der Waals surface area contributed by atoms with Crippen molar-refractivity contribution in [1.82, 2.24) is 15.5 Å². The number of thiocarbonyl (C=S) groups is 1. The molecule has 1 fully saturated rings. The summed E-state index contributed by atoms with van der Waals surface area (Å²) in [5.41, 5.74) is 0.293. The van der Waals surface area contributed by atoms with Gasteiger partial charge in [0, 0.05) is 18.0 Å². The van der Waals surface area contributed by atoms with Crippen LogP contribution in [-0.4, -0.2) is 51.9 Å². The summed E-state index contributed by atoms with van der Waals surface area (Å²) >= 11 is 5.35. The van der Waals surface area contributed by atoms with Gasteiger partial charge in [-0.3, -0.25) is 10.1 Å². The molecule has 0 bridgehead atoms. The number of likely N-dealkylation sites (tertiary alicyclic amines) is 1. The largest absolute Gasteiger partial charge is 0.465 e. The number of amides is 2. The highest BCUT2D eigenvalue weighted by Gasteiger charge is 2.49. The van der Waals surface area contributed by atoms with Gasteiger partial charge in [0.25, 0.3) is 5.91 Å². The second kappa shape index (κ2) is 8.37. The quantitative estimate of drug-likeness (QED) is 0.585. The van der Waals surface area contributed by atoms with E-state index in [1.165, 1.54) is 4.90 Å². The molecule has 2 atom stereocenters. The van der Waals surface area contributed by atoms with Crippen molar-refractivity contribution in [1.29, 1.82) is 0 Å². The minimum atomic E-state index is -1.07. The molecule has 1 heterocycles. The van der Waals surface area contributed by atoms with Crippen LogP contribution in [0.3, 0.4) is 0 Å². The monoisotopic (exact) mass is 399 g/mol. The molecule has 1 aliphatic rings.